The Morgan fingerprint density at radius 1 is 0.972 bits per heavy atom. The summed E-state index contributed by atoms with van der Waals surface area (Å²) in [5, 5.41) is 0.695. The van der Waals surface area contributed by atoms with Gasteiger partial charge < -0.3 is 19.4 Å². The van der Waals surface area contributed by atoms with Gasteiger partial charge in [-0.05, 0) is 75.4 Å². The molecule has 2 unspecified atom stereocenters. The van der Waals surface area contributed by atoms with Gasteiger partial charge in [0.1, 0.15) is 11.4 Å². The van der Waals surface area contributed by atoms with Crippen molar-refractivity contribution < 1.29 is 18.7 Å². The van der Waals surface area contributed by atoms with Crippen molar-refractivity contribution in [2.75, 3.05) is 44.2 Å². The topological polar surface area (TPSA) is 53.1 Å². The number of halogens is 2. The first-order chi connectivity index (χ1) is 17.0. The summed E-state index contributed by atoms with van der Waals surface area (Å²) in [6.07, 6.45) is 0.210. The zero-order chi connectivity index (χ0) is 26.0. The predicted molar refractivity (Wildman–Crippen MR) is 140 cm³/mol. The molecule has 36 heavy (non-hydrogen) atoms. The fourth-order valence-electron chi connectivity index (χ4n) is 5.13. The number of hydrogen-bond donors (Lipinski definition) is 0. The number of hydrogen-bond acceptors (Lipinski definition) is 4. The molecule has 2 heterocycles. The van der Waals surface area contributed by atoms with E-state index in [4.69, 9.17) is 16.3 Å². The van der Waals surface area contributed by atoms with E-state index in [2.05, 4.69) is 11.8 Å². The van der Waals surface area contributed by atoms with E-state index < -0.39 is 17.6 Å². The Morgan fingerprint density at radius 2 is 1.64 bits per heavy atom. The number of aryl methyl sites for hydroxylation is 1. The molecular formula is C28H35ClFN3O3. The quantitative estimate of drug-likeness (QED) is 0.543. The molecule has 0 N–H and O–H groups in total. The summed E-state index contributed by atoms with van der Waals surface area (Å²) in [6, 6.07) is 12.2. The Labute approximate surface area is 218 Å². The lowest BCUT2D eigenvalue weighted by Crippen LogP contribution is -2.55. The number of ether oxygens (including phenoxy) is 1. The second-order valence-electron chi connectivity index (χ2n) is 10.7. The molecule has 2 atom stereocenters. The van der Waals surface area contributed by atoms with Crippen LogP contribution in [0.15, 0.2) is 42.5 Å². The van der Waals surface area contributed by atoms with Crippen molar-refractivity contribution in [3.05, 3.63) is 64.4 Å². The summed E-state index contributed by atoms with van der Waals surface area (Å²) in [5.74, 6) is -0.790. The second-order valence-corrected chi connectivity index (χ2v) is 11.2. The normalized spacial score (nSPS) is 20.9. The number of nitrogens with zero attached hydrogens (tertiary/aromatic N) is 3. The predicted octanol–water partition coefficient (Wildman–Crippen LogP) is 5.48. The van der Waals surface area contributed by atoms with Gasteiger partial charge in [-0.1, -0.05) is 29.8 Å². The van der Waals surface area contributed by atoms with Crippen LogP contribution in [0, 0.1) is 18.7 Å². The standard InChI is InChI=1S/C28H35ClFN3O3/c1-19-5-8-21(29)17-25(19)31-13-15-32(16-14-31)26(34)24-18-33(27(35)36-28(2,3)4)12-11-23(24)20-6-9-22(30)10-7-20/h5-10,17,23-24H,11-16,18H2,1-4H3. The van der Waals surface area contributed by atoms with E-state index in [9.17, 15) is 14.0 Å². The first kappa shape index (κ1) is 26.3. The van der Waals surface area contributed by atoms with Crippen molar-refractivity contribution in [3.63, 3.8) is 0 Å². The molecule has 0 aromatic heterocycles. The first-order valence-corrected chi connectivity index (χ1v) is 12.9. The third kappa shape index (κ3) is 6.12. The average Bonchev–Trinajstić information content (AvgIpc) is 2.84. The summed E-state index contributed by atoms with van der Waals surface area (Å²) in [5.41, 5.74) is 2.55. The summed E-state index contributed by atoms with van der Waals surface area (Å²) in [6.45, 7) is 10.9. The summed E-state index contributed by atoms with van der Waals surface area (Å²) >= 11 is 6.22. The maximum atomic E-state index is 13.9. The van der Waals surface area contributed by atoms with Gasteiger partial charge >= 0.3 is 6.09 Å². The highest BCUT2D eigenvalue weighted by atomic mass is 35.5. The number of carbonyl (C=O) groups excluding carboxylic acids is 2. The maximum Gasteiger partial charge on any atom is 0.410 e. The van der Waals surface area contributed by atoms with Gasteiger partial charge in [0.05, 0.1) is 5.92 Å². The van der Waals surface area contributed by atoms with Crippen molar-refractivity contribution in [2.24, 2.45) is 5.92 Å². The van der Waals surface area contributed by atoms with E-state index in [0.29, 0.717) is 44.2 Å². The maximum absolute atomic E-state index is 13.9. The molecule has 2 saturated heterocycles. The van der Waals surface area contributed by atoms with Crippen LogP contribution in [0.2, 0.25) is 5.02 Å². The van der Waals surface area contributed by atoms with Crippen molar-refractivity contribution >= 4 is 29.3 Å². The number of carbonyl (C=O) groups is 2. The van der Waals surface area contributed by atoms with Gasteiger partial charge in [0.15, 0.2) is 0 Å². The molecule has 0 saturated carbocycles. The molecule has 0 aliphatic carbocycles. The Morgan fingerprint density at radius 3 is 2.28 bits per heavy atom. The minimum atomic E-state index is -0.612. The van der Waals surface area contributed by atoms with Crippen LogP contribution in [-0.2, 0) is 9.53 Å². The molecule has 0 spiro atoms. The third-order valence-corrected chi connectivity index (χ3v) is 7.22. The second kappa shape index (κ2) is 10.7. The van der Waals surface area contributed by atoms with Crippen LogP contribution >= 0.6 is 11.6 Å². The molecule has 0 bridgehead atoms. The molecule has 0 radical (unpaired) electrons. The number of piperidine rings is 1. The lowest BCUT2D eigenvalue weighted by molar-refractivity contribution is -0.138. The Hall–Kier alpha value is -2.80. The fourth-order valence-corrected chi connectivity index (χ4v) is 5.30. The molecular weight excluding hydrogens is 481 g/mol. The van der Waals surface area contributed by atoms with Gasteiger partial charge in [-0.25, -0.2) is 9.18 Å². The van der Waals surface area contributed by atoms with Gasteiger partial charge in [-0.2, -0.15) is 0 Å². The van der Waals surface area contributed by atoms with E-state index in [0.717, 1.165) is 16.8 Å². The van der Waals surface area contributed by atoms with E-state index >= 15 is 0 Å². The van der Waals surface area contributed by atoms with E-state index in [1.54, 1.807) is 17.0 Å². The molecule has 2 amide bonds. The van der Waals surface area contributed by atoms with Crippen LogP contribution in [0.25, 0.3) is 0 Å². The molecule has 194 valence electrons. The van der Waals surface area contributed by atoms with Crippen LogP contribution in [0.3, 0.4) is 0 Å². The fraction of sp³-hybridized carbons (Fsp3) is 0.500. The number of likely N-dealkylation sites (tertiary alicyclic amines) is 1. The van der Waals surface area contributed by atoms with Crippen molar-refractivity contribution in [2.45, 2.75) is 45.6 Å². The highest BCUT2D eigenvalue weighted by Gasteiger charge is 2.40. The molecule has 8 heteroatoms. The van der Waals surface area contributed by atoms with Gasteiger partial charge in [-0.3, -0.25) is 4.79 Å². The minimum Gasteiger partial charge on any atom is -0.444 e. The van der Waals surface area contributed by atoms with Gasteiger partial charge in [0.2, 0.25) is 5.91 Å². The zero-order valence-electron chi connectivity index (χ0n) is 21.5. The number of benzene rings is 2. The smallest absolute Gasteiger partial charge is 0.410 e. The Bertz CT molecular complexity index is 1090. The SMILES string of the molecule is Cc1ccc(Cl)cc1N1CCN(C(=O)C2CN(C(=O)OC(C)(C)C)CCC2c2ccc(F)cc2)CC1. The lowest BCUT2D eigenvalue weighted by atomic mass is 9.79. The molecule has 2 aliphatic heterocycles. The van der Waals surface area contributed by atoms with Crippen LogP contribution in [0.4, 0.5) is 14.9 Å². The minimum absolute atomic E-state index is 0.0278. The molecule has 2 aliphatic rings. The largest absolute Gasteiger partial charge is 0.444 e. The Kier molecular flexibility index (Phi) is 7.79. The monoisotopic (exact) mass is 515 g/mol. The number of rotatable bonds is 3. The molecule has 6 nitrogen and oxygen atoms in total. The third-order valence-electron chi connectivity index (χ3n) is 6.98. The van der Waals surface area contributed by atoms with E-state index in [1.807, 2.05) is 43.9 Å². The van der Waals surface area contributed by atoms with Crippen molar-refractivity contribution in [3.8, 4) is 0 Å². The van der Waals surface area contributed by atoms with Gasteiger partial charge in [-0.15, -0.1) is 0 Å². The van der Waals surface area contributed by atoms with Crippen LogP contribution < -0.4 is 4.90 Å². The Balaban J connectivity index is 1.50. The molecule has 2 fully saturated rings. The first-order valence-electron chi connectivity index (χ1n) is 12.5. The average molecular weight is 516 g/mol. The van der Waals surface area contributed by atoms with E-state index in [1.165, 1.54) is 12.1 Å². The molecule has 4 rings (SSSR count). The summed E-state index contributed by atoms with van der Waals surface area (Å²) in [7, 11) is 0. The summed E-state index contributed by atoms with van der Waals surface area (Å²) < 4.78 is 19.2. The molecule has 2 aromatic rings. The van der Waals surface area contributed by atoms with Crippen molar-refractivity contribution in [1.29, 1.82) is 0 Å². The highest BCUT2D eigenvalue weighted by Crippen LogP contribution is 2.35. The van der Waals surface area contributed by atoms with Gasteiger partial charge in [0.25, 0.3) is 0 Å². The summed E-state index contributed by atoms with van der Waals surface area (Å²) in [4.78, 5) is 32.5. The van der Waals surface area contributed by atoms with Crippen LogP contribution in [-0.4, -0.2) is 66.7 Å². The van der Waals surface area contributed by atoms with Gasteiger partial charge in [0, 0.05) is 50.0 Å². The van der Waals surface area contributed by atoms with Crippen molar-refractivity contribution in [1.82, 2.24) is 9.80 Å². The molecule has 2 aromatic carbocycles. The lowest BCUT2D eigenvalue weighted by Gasteiger charge is -2.43. The number of piperazine rings is 1. The highest BCUT2D eigenvalue weighted by molar-refractivity contribution is 6.30. The number of amides is 2. The van der Waals surface area contributed by atoms with Crippen LogP contribution in [0.1, 0.15) is 44.2 Å². The van der Waals surface area contributed by atoms with E-state index in [-0.39, 0.29) is 24.2 Å². The zero-order valence-corrected chi connectivity index (χ0v) is 22.2. The van der Waals surface area contributed by atoms with Crippen LogP contribution in [0.5, 0.6) is 0 Å². The number of anilines is 1.